The lowest BCUT2D eigenvalue weighted by Gasteiger charge is -2.39. The second-order valence-electron chi connectivity index (χ2n) is 5.41. The molecule has 2 amide bonds. The number of benzene rings is 1. The molecule has 1 aromatic heterocycles. The van der Waals surface area contributed by atoms with Crippen LogP contribution in [0.3, 0.4) is 0 Å². The van der Waals surface area contributed by atoms with Crippen LogP contribution >= 0.6 is 0 Å². The lowest BCUT2D eigenvalue weighted by atomic mass is 10.1. The van der Waals surface area contributed by atoms with Gasteiger partial charge >= 0.3 is 6.09 Å². The van der Waals surface area contributed by atoms with Crippen molar-refractivity contribution in [3.8, 4) is 0 Å². The van der Waals surface area contributed by atoms with Crippen LogP contribution in [0, 0.1) is 6.92 Å². The first-order valence-electron chi connectivity index (χ1n) is 7.31. The third-order valence-electron chi connectivity index (χ3n) is 3.68. The Hall–Kier alpha value is -2.83. The van der Waals surface area contributed by atoms with Crippen molar-refractivity contribution in [2.75, 3.05) is 13.1 Å². The molecule has 120 valence electrons. The van der Waals surface area contributed by atoms with Crippen molar-refractivity contribution in [2.24, 2.45) is 0 Å². The average Bonchev–Trinajstić information content (AvgIpc) is 2.95. The van der Waals surface area contributed by atoms with Gasteiger partial charge in [-0.25, -0.2) is 4.79 Å². The van der Waals surface area contributed by atoms with E-state index in [1.807, 2.05) is 30.3 Å². The first-order chi connectivity index (χ1) is 11.1. The summed E-state index contributed by atoms with van der Waals surface area (Å²) in [4.78, 5) is 25.5. The molecule has 2 heterocycles. The van der Waals surface area contributed by atoms with Crippen molar-refractivity contribution in [3.63, 3.8) is 0 Å². The maximum absolute atomic E-state index is 12.1. The molecule has 0 atom stereocenters. The van der Waals surface area contributed by atoms with Crippen LogP contribution in [-0.4, -0.2) is 41.2 Å². The van der Waals surface area contributed by atoms with Crippen LogP contribution in [0.25, 0.3) is 0 Å². The molecule has 3 rings (SSSR count). The highest BCUT2D eigenvalue weighted by Crippen LogP contribution is 2.16. The molecule has 1 fully saturated rings. The summed E-state index contributed by atoms with van der Waals surface area (Å²) in [6.07, 6.45) is 0.930. The standard InChI is InChI=1S/C16H17N3O4/c1-11-14(7-17-23-11)15(20)19-8-13(9-19)18-16(21)22-10-12-5-3-2-4-6-12/h2-7,13H,8-10H2,1H3,(H,18,21). The summed E-state index contributed by atoms with van der Waals surface area (Å²) < 4.78 is 10.0. The van der Waals surface area contributed by atoms with Crippen LogP contribution in [0.15, 0.2) is 41.1 Å². The fourth-order valence-corrected chi connectivity index (χ4v) is 2.34. The van der Waals surface area contributed by atoms with Crippen molar-refractivity contribution in [3.05, 3.63) is 53.4 Å². The van der Waals surface area contributed by atoms with E-state index >= 15 is 0 Å². The summed E-state index contributed by atoms with van der Waals surface area (Å²) in [5.74, 6) is 0.355. The Labute approximate surface area is 133 Å². The van der Waals surface area contributed by atoms with Gasteiger partial charge in [0.1, 0.15) is 17.9 Å². The molecule has 0 spiro atoms. The zero-order chi connectivity index (χ0) is 16.2. The van der Waals surface area contributed by atoms with Crippen molar-refractivity contribution in [1.82, 2.24) is 15.4 Å². The number of carbonyl (C=O) groups excluding carboxylic acids is 2. The highest BCUT2D eigenvalue weighted by Gasteiger charge is 2.33. The number of hydrogen-bond donors (Lipinski definition) is 1. The smallest absolute Gasteiger partial charge is 0.407 e. The first-order valence-corrected chi connectivity index (χ1v) is 7.31. The van der Waals surface area contributed by atoms with Gasteiger partial charge in [-0.05, 0) is 12.5 Å². The Kier molecular flexibility index (Phi) is 4.27. The first kappa shape index (κ1) is 15.1. The molecule has 7 nitrogen and oxygen atoms in total. The number of aryl methyl sites for hydroxylation is 1. The maximum atomic E-state index is 12.1. The van der Waals surface area contributed by atoms with Gasteiger partial charge in [-0.3, -0.25) is 4.79 Å². The number of rotatable bonds is 4. The predicted octanol–water partition coefficient (Wildman–Crippen LogP) is 1.73. The van der Waals surface area contributed by atoms with Crippen LogP contribution in [0.5, 0.6) is 0 Å². The number of nitrogens with one attached hydrogen (secondary N) is 1. The normalized spacial score (nSPS) is 14.2. The van der Waals surface area contributed by atoms with Crippen molar-refractivity contribution >= 4 is 12.0 Å². The number of likely N-dealkylation sites (tertiary alicyclic amines) is 1. The van der Waals surface area contributed by atoms with Crippen molar-refractivity contribution in [1.29, 1.82) is 0 Å². The number of alkyl carbamates (subject to hydrolysis) is 1. The Balaban J connectivity index is 1.41. The van der Waals surface area contributed by atoms with Crippen LogP contribution in [0.1, 0.15) is 21.7 Å². The number of aromatic nitrogens is 1. The quantitative estimate of drug-likeness (QED) is 0.929. The Morgan fingerprint density at radius 3 is 2.74 bits per heavy atom. The van der Waals surface area contributed by atoms with Crippen LogP contribution in [0.4, 0.5) is 4.79 Å². The topological polar surface area (TPSA) is 84.7 Å². The van der Waals surface area contributed by atoms with Gasteiger partial charge in [0.25, 0.3) is 5.91 Å². The molecule has 1 aliphatic heterocycles. The number of carbonyl (C=O) groups is 2. The molecule has 2 aromatic rings. The number of ether oxygens (including phenoxy) is 1. The SMILES string of the molecule is Cc1oncc1C(=O)N1CC(NC(=O)OCc2ccccc2)C1. The average molecular weight is 315 g/mol. The summed E-state index contributed by atoms with van der Waals surface area (Å²) in [7, 11) is 0. The summed E-state index contributed by atoms with van der Waals surface area (Å²) in [5.41, 5.74) is 1.38. The van der Waals surface area contributed by atoms with E-state index in [0.29, 0.717) is 24.4 Å². The molecule has 0 radical (unpaired) electrons. The highest BCUT2D eigenvalue weighted by atomic mass is 16.5. The molecule has 0 aliphatic carbocycles. The molecule has 1 aliphatic rings. The van der Waals surface area contributed by atoms with Gasteiger partial charge in [0.05, 0.1) is 12.2 Å². The maximum Gasteiger partial charge on any atom is 0.407 e. The van der Waals surface area contributed by atoms with Crippen LogP contribution in [0.2, 0.25) is 0 Å². The minimum absolute atomic E-state index is 0.0950. The molecule has 23 heavy (non-hydrogen) atoms. The molecule has 1 saturated heterocycles. The summed E-state index contributed by atoms with van der Waals surface area (Å²) >= 11 is 0. The monoisotopic (exact) mass is 315 g/mol. The number of nitrogens with zero attached hydrogens (tertiary/aromatic N) is 2. The van der Waals surface area contributed by atoms with Gasteiger partial charge in [-0.1, -0.05) is 35.5 Å². The zero-order valence-electron chi connectivity index (χ0n) is 12.7. The van der Waals surface area contributed by atoms with Crippen molar-refractivity contribution < 1.29 is 18.8 Å². The van der Waals surface area contributed by atoms with Gasteiger partial charge in [0.2, 0.25) is 0 Å². The summed E-state index contributed by atoms with van der Waals surface area (Å²) in [5, 5.41) is 6.33. The Bertz CT molecular complexity index is 692. The fraction of sp³-hybridized carbons (Fsp3) is 0.312. The van der Waals surface area contributed by atoms with Gasteiger partial charge in [-0.2, -0.15) is 0 Å². The molecule has 7 heteroatoms. The third kappa shape index (κ3) is 3.50. The van der Waals surface area contributed by atoms with Gasteiger partial charge in [0.15, 0.2) is 0 Å². The fourth-order valence-electron chi connectivity index (χ4n) is 2.34. The van der Waals surface area contributed by atoms with E-state index in [-0.39, 0.29) is 18.6 Å². The molecule has 1 aromatic carbocycles. The van der Waals surface area contributed by atoms with Gasteiger partial charge in [0, 0.05) is 13.1 Å². The van der Waals surface area contributed by atoms with E-state index in [1.165, 1.54) is 6.20 Å². The molecular formula is C16H17N3O4. The third-order valence-corrected chi connectivity index (χ3v) is 3.68. The number of amides is 2. The van der Waals surface area contributed by atoms with E-state index in [2.05, 4.69) is 10.5 Å². The molecular weight excluding hydrogens is 298 g/mol. The van der Waals surface area contributed by atoms with Crippen LogP contribution < -0.4 is 5.32 Å². The Morgan fingerprint density at radius 2 is 2.09 bits per heavy atom. The molecule has 0 unspecified atom stereocenters. The lowest BCUT2D eigenvalue weighted by Crippen LogP contribution is -2.61. The van der Waals surface area contributed by atoms with Gasteiger partial charge < -0.3 is 19.5 Å². The van der Waals surface area contributed by atoms with E-state index in [9.17, 15) is 9.59 Å². The molecule has 0 bridgehead atoms. The second kappa shape index (κ2) is 6.51. The van der Waals surface area contributed by atoms with E-state index in [4.69, 9.17) is 9.26 Å². The highest BCUT2D eigenvalue weighted by molar-refractivity contribution is 5.95. The van der Waals surface area contributed by atoms with Crippen molar-refractivity contribution in [2.45, 2.75) is 19.6 Å². The minimum Gasteiger partial charge on any atom is -0.445 e. The molecule has 1 N–H and O–H groups in total. The van der Waals surface area contributed by atoms with E-state index in [1.54, 1.807) is 11.8 Å². The van der Waals surface area contributed by atoms with Crippen LogP contribution in [-0.2, 0) is 11.3 Å². The molecule has 0 saturated carbocycles. The zero-order valence-corrected chi connectivity index (χ0v) is 12.7. The minimum atomic E-state index is -0.480. The largest absolute Gasteiger partial charge is 0.445 e. The Morgan fingerprint density at radius 1 is 1.35 bits per heavy atom. The second-order valence-corrected chi connectivity index (χ2v) is 5.41. The van der Waals surface area contributed by atoms with E-state index < -0.39 is 6.09 Å². The predicted molar refractivity (Wildman–Crippen MR) is 80.7 cm³/mol. The summed E-state index contributed by atoms with van der Waals surface area (Å²) in [6, 6.07) is 9.36. The summed E-state index contributed by atoms with van der Waals surface area (Å²) in [6.45, 7) is 2.81. The number of hydrogen-bond acceptors (Lipinski definition) is 5. The van der Waals surface area contributed by atoms with Gasteiger partial charge in [-0.15, -0.1) is 0 Å². The van der Waals surface area contributed by atoms with E-state index in [0.717, 1.165) is 5.56 Å². The lowest BCUT2D eigenvalue weighted by molar-refractivity contribution is 0.0544.